The highest BCUT2D eigenvalue weighted by atomic mass is 35.5. The molecule has 1 heterocycles. The molecule has 3 nitrogen and oxygen atoms in total. The third kappa shape index (κ3) is 4.04. The normalized spacial score (nSPS) is 12.7. The zero-order valence-corrected chi connectivity index (χ0v) is 9.96. The summed E-state index contributed by atoms with van der Waals surface area (Å²) >= 11 is 5.67. The molecule has 0 aliphatic rings. The van der Waals surface area contributed by atoms with Crippen molar-refractivity contribution in [3.05, 3.63) is 17.6 Å². The van der Waals surface area contributed by atoms with Gasteiger partial charge in [-0.25, -0.2) is 4.98 Å². The van der Waals surface area contributed by atoms with E-state index in [1.165, 1.54) is 6.07 Å². The Bertz CT molecular complexity index is 317. The van der Waals surface area contributed by atoms with Crippen LogP contribution >= 0.6 is 11.6 Å². The van der Waals surface area contributed by atoms with E-state index in [2.05, 4.69) is 23.8 Å². The van der Waals surface area contributed by atoms with Crippen molar-refractivity contribution in [2.45, 2.75) is 39.0 Å². The van der Waals surface area contributed by atoms with Gasteiger partial charge in [0.05, 0.1) is 11.6 Å². The Morgan fingerprint density at radius 2 is 2.20 bits per heavy atom. The molecule has 0 fully saturated rings. The molecular formula is C11H17ClN2O. The van der Waals surface area contributed by atoms with Crippen molar-refractivity contribution < 1.29 is 5.11 Å². The highest BCUT2D eigenvalue weighted by molar-refractivity contribution is 6.16. The minimum atomic E-state index is 0.0133. The molecule has 0 radical (unpaired) electrons. The van der Waals surface area contributed by atoms with Crippen LogP contribution in [0.15, 0.2) is 6.07 Å². The fourth-order valence-corrected chi connectivity index (χ4v) is 1.74. The molecule has 0 amide bonds. The lowest BCUT2D eigenvalue weighted by molar-refractivity contribution is 0.440. The fraction of sp³-hybridized carbons (Fsp3) is 0.636. The van der Waals surface area contributed by atoms with Gasteiger partial charge in [0.25, 0.3) is 0 Å². The van der Waals surface area contributed by atoms with Gasteiger partial charge >= 0.3 is 0 Å². The Morgan fingerprint density at radius 3 is 2.80 bits per heavy atom. The van der Waals surface area contributed by atoms with E-state index >= 15 is 0 Å². The smallest absolute Gasteiger partial charge is 0.214 e. The van der Waals surface area contributed by atoms with Crippen LogP contribution in [0.5, 0.6) is 5.88 Å². The lowest BCUT2D eigenvalue weighted by atomic mass is 10.0. The van der Waals surface area contributed by atoms with Gasteiger partial charge in [0, 0.05) is 12.5 Å². The first-order valence-corrected chi connectivity index (χ1v) is 5.81. The predicted molar refractivity (Wildman–Crippen MR) is 61.0 cm³/mol. The van der Waals surface area contributed by atoms with E-state index in [4.69, 9.17) is 11.6 Å². The van der Waals surface area contributed by atoms with Crippen molar-refractivity contribution in [2.75, 3.05) is 0 Å². The highest BCUT2D eigenvalue weighted by Crippen LogP contribution is 2.14. The van der Waals surface area contributed by atoms with E-state index in [0.29, 0.717) is 23.3 Å². The van der Waals surface area contributed by atoms with E-state index in [1.807, 2.05) is 0 Å². The van der Waals surface area contributed by atoms with Crippen LogP contribution in [-0.2, 0) is 12.3 Å². The van der Waals surface area contributed by atoms with Gasteiger partial charge in [-0.2, -0.15) is 4.98 Å². The molecule has 15 heavy (non-hydrogen) atoms. The Labute approximate surface area is 95.5 Å². The SMILES string of the molecule is CCCC(C)Cc1nc(O)cc(CCl)n1. The maximum Gasteiger partial charge on any atom is 0.214 e. The molecule has 0 aliphatic heterocycles. The van der Waals surface area contributed by atoms with Crippen LogP contribution < -0.4 is 0 Å². The molecule has 0 saturated heterocycles. The zero-order chi connectivity index (χ0) is 11.3. The van der Waals surface area contributed by atoms with Gasteiger partial charge in [-0.15, -0.1) is 11.6 Å². The first kappa shape index (κ1) is 12.2. The standard InChI is InChI=1S/C11H17ClN2O/c1-3-4-8(2)5-10-13-9(7-12)6-11(15)14-10/h6,8H,3-5,7H2,1-2H3,(H,13,14,15). The van der Waals surface area contributed by atoms with Crippen LogP contribution in [0.2, 0.25) is 0 Å². The Balaban J connectivity index is 2.71. The van der Waals surface area contributed by atoms with E-state index in [1.54, 1.807) is 0 Å². The first-order chi connectivity index (χ1) is 7.15. The van der Waals surface area contributed by atoms with Gasteiger partial charge in [0.15, 0.2) is 0 Å². The lowest BCUT2D eigenvalue weighted by Gasteiger charge is -2.09. The Hall–Kier alpha value is -0.830. The van der Waals surface area contributed by atoms with Crippen LogP contribution in [0.25, 0.3) is 0 Å². The third-order valence-electron chi connectivity index (χ3n) is 2.26. The summed E-state index contributed by atoms with van der Waals surface area (Å²) in [5.41, 5.74) is 0.683. The van der Waals surface area contributed by atoms with Crippen molar-refractivity contribution in [3.8, 4) is 5.88 Å². The summed E-state index contributed by atoms with van der Waals surface area (Å²) in [6.07, 6.45) is 3.10. The van der Waals surface area contributed by atoms with Gasteiger partial charge in [-0.3, -0.25) is 0 Å². The van der Waals surface area contributed by atoms with E-state index in [-0.39, 0.29) is 5.88 Å². The summed E-state index contributed by atoms with van der Waals surface area (Å²) in [7, 11) is 0. The van der Waals surface area contributed by atoms with Crippen LogP contribution in [0, 0.1) is 5.92 Å². The number of aromatic hydroxyl groups is 1. The fourth-order valence-electron chi connectivity index (χ4n) is 1.60. The maximum atomic E-state index is 9.36. The molecule has 0 aliphatic carbocycles. The van der Waals surface area contributed by atoms with Crippen LogP contribution in [-0.4, -0.2) is 15.1 Å². The molecule has 0 saturated carbocycles. The van der Waals surface area contributed by atoms with Gasteiger partial charge in [0.1, 0.15) is 5.82 Å². The molecule has 1 N–H and O–H groups in total. The summed E-state index contributed by atoms with van der Waals surface area (Å²) in [4.78, 5) is 8.26. The highest BCUT2D eigenvalue weighted by Gasteiger charge is 2.07. The number of hydrogen-bond acceptors (Lipinski definition) is 3. The Morgan fingerprint density at radius 1 is 1.47 bits per heavy atom. The number of aromatic nitrogens is 2. The summed E-state index contributed by atoms with van der Waals surface area (Å²) in [5, 5.41) is 9.36. The number of halogens is 1. The largest absolute Gasteiger partial charge is 0.493 e. The average Bonchev–Trinajstić information content (AvgIpc) is 2.17. The number of alkyl halides is 1. The Kier molecular flexibility index (Phi) is 4.82. The second-order valence-electron chi connectivity index (χ2n) is 3.87. The molecular weight excluding hydrogens is 212 g/mol. The van der Waals surface area contributed by atoms with Gasteiger partial charge in [-0.05, 0) is 5.92 Å². The van der Waals surface area contributed by atoms with Crippen LogP contribution in [0.1, 0.15) is 38.2 Å². The van der Waals surface area contributed by atoms with Gasteiger partial charge < -0.3 is 5.11 Å². The average molecular weight is 229 g/mol. The quantitative estimate of drug-likeness (QED) is 0.789. The minimum absolute atomic E-state index is 0.0133. The third-order valence-corrected chi connectivity index (χ3v) is 2.54. The lowest BCUT2D eigenvalue weighted by Crippen LogP contribution is -2.05. The second-order valence-corrected chi connectivity index (χ2v) is 4.13. The molecule has 4 heteroatoms. The van der Waals surface area contributed by atoms with Crippen molar-refractivity contribution in [3.63, 3.8) is 0 Å². The molecule has 1 atom stereocenters. The van der Waals surface area contributed by atoms with Crippen LogP contribution in [0.4, 0.5) is 0 Å². The molecule has 1 aromatic rings. The monoisotopic (exact) mass is 228 g/mol. The molecule has 0 spiro atoms. The van der Waals surface area contributed by atoms with Crippen molar-refractivity contribution in [1.82, 2.24) is 9.97 Å². The maximum absolute atomic E-state index is 9.36. The van der Waals surface area contributed by atoms with Gasteiger partial charge in [0.2, 0.25) is 5.88 Å². The predicted octanol–water partition coefficient (Wildman–Crippen LogP) is 2.90. The number of nitrogens with zero attached hydrogens (tertiary/aromatic N) is 2. The van der Waals surface area contributed by atoms with E-state index in [0.717, 1.165) is 19.3 Å². The summed E-state index contributed by atoms with van der Waals surface area (Å²) in [6, 6.07) is 1.50. The van der Waals surface area contributed by atoms with Crippen molar-refractivity contribution >= 4 is 11.6 Å². The van der Waals surface area contributed by atoms with Crippen molar-refractivity contribution in [2.24, 2.45) is 5.92 Å². The summed E-state index contributed by atoms with van der Waals surface area (Å²) in [6.45, 7) is 4.32. The molecule has 1 unspecified atom stereocenters. The molecule has 0 bridgehead atoms. The minimum Gasteiger partial charge on any atom is -0.493 e. The number of rotatable bonds is 5. The molecule has 1 rings (SSSR count). The summed E-state index contributed by atoms with van der Waals surface area (Å²) < 4.78 is 0. The number of hydrogen-bond donors (Lipinski definition) is 1. The molecule has 0 aromatic carbocycles. The molecule has 1 aromatic heterocycles. The van der Waals surface area contributed by atoms with Crippen molar-refractivity contribution in [1.29, 1.82) is 0 Å². The van der Waals surface area contributed by atoms with E-state index < -0.39 is 0 Å². The zero-order valence-electron chi connectivity index (χ0n) is 9.20. The van der Waals surface area contributed by atoms with Crippen LogP contribution in [0.3, 0.4) is 0 Å². The van der Waals surface area contributed by atoms with E-state index in [9.17, 15) is 5.11 Å². The molecule has 84 valence electrons. The first-order valence-electron chi connectivity index (χ1n) is 5.27. The summed E-state index contributed by atoms with van der Waals surface area (Å²) in [5.74, 6) is 1.55. The topological polar surface area (TPSA) is 46.0 Å². The second kappa shape index (κ2) is 5.91. The van der Waals surface area contributed by atoms with Gasteiger partial charge in [-0.1, -0.05) is 26.7 Å².